The normalized spacial score (nSPS) is 21.6. The van der Waals surface area contributed by atoms with Crippen molar-refractivity contribution in [2.45, 2.75) is 108 Å². The number of anilines is 6. The fraction of sp³-hybridized carbons (Fsp3) is 0.532. The van der Waals surface area contributed by atoms with Gasteiger partial charge in [-0.3, -0.25) is 14.9 Å². The standard InChI is InChI=1S/C62H81Cl2N13O7/c1-6-80-57-30-51-47(28-53(57)74-59(78)13-9-21-76(3)4)61(39(32-65)35-69-51)73-42-16-18-56(50(64)27-42)84-38-45-25-46(19-20-68-45)82-24-23-77(5)22-10-14-60(79)75-54-29-48-52(31-58(54)81-7-2)70-36-40(33-66)62(48)72-41-15-17-55(49(63)26-41)83-37-44-12-8-11-43(34-67)71-44/h15-18,26-31,39-40,43-46,61-62,68-73H,6-14,19-25,35-38H2,1-5H3,(H,74,78)(H,75,79). The lowest BCUT2D eigenvalue weighted by Gasteiger charge is -2.33. The zero-order chi connectivity index (χ0) is 59.5. The average molecular weight is 1190 g/mol. The molecular weight excluding hydrogens is 1110 g/mol. The number of likely N-dealkylation sites (N-methyl/N-ethyl adjacent to an activating group) is 1. The van der Waals surface area contributed by atoms with Gasteiger partial charge in [0, 0.05) is 90.6 Å². The molecule has 4 aliphatic rings. The second-order valence-electron chi connectivity index (χ2n) is 22.2. The van der Waals surface area contributed by atoms with Crippen LogP contribution in [0.1, 0.15) is 94.8 Å². The number of hydrogen-bond donors (Lipinski definition) is 8. The van der Waals surface area contributed by atoms with E-state index >= 15 is 0 Å². The zero-order valence-electron chi connectivity index (χ0n) is 48.9. The predicted octanol–water partition coefficient (Wildman–Crippen LogP) is 9.79. The molecular formula is C62H81Cl2N13O7. The molecule has 20 nitrogen and oxygen atoms in total. The van der Waals surface area contributed by atoms with Gasteiger partial charge in [-0.2, -0.15) is 15.8 Å². The van der Waals surface area contributed by atoms with Crippen LogP contribution in [0.15, 0.2) is 60.7 Å². The molecule has 0 aliphatic carbocycles. The van der Waals surface area contributed by atoms with E-state index in [1.807, 2.05) is 94.5 Å². The number of rotatable bonds is 28. The van der Waals surface area contributed by atoms with E-state index in [-0.39, 0.29) is 36.0 Å². The number of carbonyl (C=O) groups is 2. The summed E-state index contributed by atoms with van der Waals surface area (Å²) < 4.78 is 30.7. The first-order valence-corrected chi connectivity index (χ1v) is 30.2. The van der Waals surface area contributed by atoms with Crippen LogP contribution in [0.3, 0.4) is 0 Å². The summed E-state index contributed by atoms with van der Waals surface area (Å²) >= 11 is 13.6. The molecule has 8 rings (SSSR count). The number of hydrogen-bond acceptors (Lipinski definition) is 18. The summed E-state index contributed by atoms with van der Waals surface area (Å²) in [6, 6.07) is 24.9. The molecule has 0 aromatic heterocycles. The first kappa shape index (κ1) is 63.1. The van der Waals surface area contributed by atoms with Crippen LogP contribution in [0.2, 0.25) is 10.0 Å². The maximum atomic E-state index is 13.5. The monoisotopic (exact) mass is 1190 g/mol. The van der Waals surface area contributed by atoms with Gasteiger partial charge in [0.15, 0.2) is 0 Å². The first-order valence-electron chi connectivity index (χ1n) is 29.4. The fourth-order valence-electron chi connectivity index (χ4n) is 11.1. The van der Waals surface area contributed by atoms with Gasteiger partial charge < -0.3 is 70.7 Å². The lowest BCUT2D eigenvalue weighted by molar-refractivity contribution is -0.117. The molecule has 0 saturated carbocycles. The lowest BCUT2D eigenvalue weighted by atomic mass is 9.88. The Bertz CT molecular complexity index is 3010. The minimum absolute atomic E-state index is 0.0536. The van der Waals surface area contributed by atoms with Crippen molar-refractivity contribution in [1.82, 2.24) is 20.4 Å². The highest BCUT2D eigenvalue weighted by molar-refractivity contribution is 6.32. The average Bonchev–Trinajstić information content (AvgIpc) is 3.56. The van der Waals surface area contributed by atoms with Crippen molar-refractivity contribution in [3.8, 4) is 41.2 Å². The molecule has 4 heterocycles. The van der Waals surface area contributed by atoms with Crippen LogP contribution < -0.4 is 61.5 Å². The third-order valence-corrected chi connectivity index (χ3v) is 16.1. The van der Waals surface area contributed by atoms with Gasteiger partial charge in [-0.1, -0.05) is 23.2 Å². The zero-order valence-corrected chi connectivity index (χ0v) is 50.4. The summed E-state index contributed by atoms with van der Waals surface area (Å²) in [6.45, 7) is 9.79. The van der Waals surface area contributed by atoms with E-state index in [0.29, 0.717) is 129 Å². The van der Waals surface area contributed by atoms with Gasteiger partial charge in [-0.25, -0.2) is 0 Å². The molecule has 22 heteroatoms. The largest absolute Gasteiger partial charge is 0.492 e. The van der Waals surface area contributed by atoms with Crippen LogP contribution in [0.25, 0.3) is 0 Å². The SMILES string of the molecule is CCOc1cc2c(cc1NC(=O)CCCN(C)C)C(Nc1ccc(OCC3CC(OCCN(C)CCCC(=O)Nc4cc5c(cc4OCC)NCC(C#N)C5Nc4ccc(OCC5CCCC(C#N)N5)c(Cl)c4)CCN3)c(Cl)c1)C(C#N)CN2. The highest BCUT2D eigenvalue weighted by atomic mass is 35.5. The highest BCUT2D eigenvalue weighted by Crippen LogP contribution is 2.44. The van der Waals surface area contributed by atoms with Crippen molar-refractivity contribution in [1.29, 1.82) is 15.8 Å². The molecule has 0 radical (unpaired) electrons. The van der Waals surface area contributed by atoms with Gasteiger partial charge in [0.1, 0.15) is 36.2 Å². The van der Waals surface area contributed by atoms with Crippen molar-refractivity contribution in [3.05, 3.63) is 81.8 Å². The fourth-order valence-corrected chi connectivity index (χ4v) is 11.6. The molecule has 4 aromatic rings. The van der Waals surface area contributed by atoms with Gasteiger partial charge in [0.05, 0.1) is 95.5 Å². The molecule has 2 saturated heterocycles. The number of nitriles is 3. The number of benzene rings is 4. The number of piperidine rings is 2. The van der Waals surface area contributed by atoms with Crippen molar-refractivity contribution < 1.29 is 33.3 Å². The Hall–Kier alpha value is -6.93. The maximum absolute atomic E-state index is 13.5. The molecule has 2 amide bonds. The number of halogens is 2. The van der Waals surface area contributed by atoms with Crippen LogP contribution in [0, 0.1) is 45.8 Å². The Morgan fingerprint density at radius 2 is 1.20 bits per heavy atom. The number of carbonyl (C=O) groups excluding carboxylic acids is 2. The van der Waals surface area contributed by atoms with Crippen LogP contribution >= 0.6 is 23.2 Å². The Labute approximate surface area is 504 Å². The summed E-state index contributed by atoms with van der Waals surface area (Å²) in [7, 11) is 5.99. The van der Waals surface area contributed by atoms with Crippen molar-refractivity contribution in [2.75, 3.05) is 125 Å². The molecule has 8 atom stereocenters. The molecule has 84 heavy (non-hydrogen) atoms. The van der Waals surface area contributed by atoms with Gasteiger partial charge in [-0.15, -0.1) is 0 Å². The Balaban J connectivity index is 0.777. The first-order chi connectivity index (χ1) is 40.7. The topological polar surface area (TPSA) is 254 Å². The van der Waals surface area contributed by atoms with Crippen LogP contribution in [-0.4, -0.2) is 139 Å². The van der Waals surface area contributed by atoms with Gasteiger partial charge in [0.25, 0.3) is 0 Å². The van der Waals surface area contributed by atoms with Gasteiger partial charge in [0.2, 0.25) is 11.8 Å². The number of ether oxygens (including phenoxy) is 5. The number of nitrogens with zero attached hydrogens (tertiary/aromatic N) is 5. The van der Waals surface area contributed by atoms with Crippen LogP contribution in [0.5, 0.6) is 23.0 Å². The minimum atomic E-state index is -0.436. The summed E-state index contributed by atoms with van der Waals surface area (Å²) in [5, 5.41) is 57.6. The van der Waals surface area contributed by atoms with E-state index in [9.17, 15) is 25.4 Å². The molecule has 8 unspecified atom stereocenters. The van der Waals surface area contributed by atoms with E-state index in [1.54, 1.807) is 6.07 Å². The minimum Gasteiger partial charge on any atom is -0.492 e. The lowest BCUT2D eigenvalue weighted by Crippen LogP contribution is -2.45. The Morgan fingerprint density at radius 3 is 1.71 bits per heavy atom. The van der Waals surface area contributed by atoms with E-state index in [0.717, 1.165) is 79.8 Å². The molecule has 4 aliphatic heterocycles. The quantitative estimate of drug-likeness (QED) is 0.0263. The predicted molar refractivity (Wildman–Crippen MR) is 330 cm³/mol. The number of fused-ring (bicyclic) bond motifs is 2. The molecule has 8 N–H and O–H groups in total. The molecule has 0 spiro atoms. The molecule has 2 fully saturated rings. The van der Waals surface area contributed by atoms with Crippen molar-refractivity contribution in [3.63, 3.8) is 0 Å². The Kier molecular flexibility index (Phi) is 23.5. The van der Waals surface area contributed by atoms with Gasteiger partial charge in [-0.05, 0) is 148 Å². The molecule has 0 bridgehead atoms. The third-order valence-electron chi connectivity index (χ3n) is 15.5. The van der Waals surface area contributed by atoms with E-state index in [4.69, 9.17) is 46.9 Å². The van der Waals surface area contributed by atoms with E-state index in [1.165, 1.54) is 0 Å². The van der Waals surface area contributed by atoms with Crippen LogP contribution in [0.4, 0.5) is 34.1 Å². The second kappa shape index (κ2) is 31.3. The van der Waals surface area contributed by atoms with Crippen molar-refractivity contribution >= 4 is 69.1 Å². The highest BCUT2D eigenvalue weighted by Gasteiger charge is 2.34. The summed E-state index contributed by atoms with van der Waals surface area (Å²) in [5.41, 5.74) is 5.81. The number of amides is 2. The summed E-state index contributed by atoms with van der Waals surface area (Å²) in [5.74, 6) is 1.09. The summed E-state index contributed by atoms with van der Waals surface area (Å²) in [4.78, 5) is 30.7. The third kappa shape index (κ3) is 17.6. The smallest absolute Gasteiger partial charge is 0.224 e. The Morgan fingerprint density at radius 1 is 0.655 bits per heavy atom. The van der Waals surface area contributed by atoms with E-state index < -0.39 is 23.9 Å². The summed E-state index contributed by atoms with van der Waals surface area (Å²) in [6.07, 6.45) is 6.44. The molecule has 450 valence electrons. The molecule has 4 aromatic carbocycles. The maximum Gasteiger partial charge on any atom is 0.224 e. The van der Waals surface area contributed by atoms with E-state index in [2.05, 4.69) is 65.6 Å². The second-order valence-corrected chi connectivity index (χ2v) is 23.0. The van der Waals surface area contributed by atoms with Gasteiger partial charge >= 0.3 is 0 Å². The van der Waals surface area contributed by atoms with Crippen LogP contribution in [-0.2, 0) is 14.3 Å². The number of nitrogens with one attached hydrogen (secondary N) is 8. The van der Waals surface area contributed by atoms with Crippen molar-refractivity contribution in [2.24, 2.45) is 11.8 Å².